The molecular formula is C17H23N5O2. The van der Waals surface area contributed by atoms with Gasteiger partial charge in [0.2, 0.25) is 5.91 Å². The van der Waals surface area contributed by atoms with Crippen LogP contribution < -0.4 is 10.5 Å². The van der Waals surface area contributed by atoms with E-state index >= 15 is 0 Å². The average Bonchev–Trinajstić information content (AvgIpc) is 3.24. The summed E-state index contributed by atoms with van der Waals surface area (Å²) >= 11 is 0. The van der Waals surface area contributed by atoms with Crippen LogP contribution in [0.3, 0.4) is 0 Å². The molecule has 2 N–H and O–H groups in total. The molecule has 0 spiro atoms. The van der Waals surface area contributed by atoms with Gasteiger partial charge < -0.3 is 15.4 Å². The zero-order valence-electron chi connectivity index (χ0n) is 13.8. The number of benzene rings is 1. The van der Waals surface area contributed by atoms with Gasteiger partial charge in [-0.1, -0.05) is 12.1 Å². The summed E-state index contributed by atoms with van der Waals surface area (Å²) in [5.41, 5.74) is 7.40. The monoisotopic (exact) mass is 329 g/mol. The summed E-state index contributed by atoms with van der Waals surface area (Å²) in [6.45, 7) is 1.96. The number of nitrogens with two attached hydrogens (primary N) is 1. The van der Waals surface area contributed by atoms with Crippen molar-refractivity contribution < 1.29 is 9.53 Å². The highest BCUT2D eigenvalue weighted by Crippen LogP contribution is 2.29. The second kappa shape index (κ2) is 7.44. The van der Waals surface area contributed by atoms with Crippen molar-refractivity contribution in [2.45, 2.75) is 31.3 Å². The van der Waals surface area contributed by atoms with Crippen LogP contribution in [0, 0.1) is 0 Å². The second-order valence-corrected chi connectivity index (χ2v) is 6.11. The van der Waals surface area contributed by atoms with E-state index in [4.69, 9.17) is 10.5 Å². The fraction of sp³-hybridized carbons (Fsp3) is 0.471. The number of aromatic nitrogens is 3. The minimum atomic E-state index is -0.0450. The number of methoxy groups -OCH3 is 1. The van der Waals surface area contributed by atoms with Gasteiger partial charge in [0.1, 0.15) is 18.4 Å². The fourth-order valence-corrected chi connectivity index (χ4v) is 3.16. The van der Waals surface area contributed by atoms with Gasteiger partial charge in [-0.3, -0.25) is 9.48 Å². The average molecular weight is 329 g/mol. The fourth-order valence-electron chi connectivity index (χ4n) is 3.16. The Kier molecular flexibility index (Phi) is 5.10. The van der Waals surface area contributed by atoms with Crippen LogP contribution in [0.4, 0.5) is 0 Å². The van der Waals surface area contributed by atoms with Crippen molar-refractivity contribution >= 4 is 5.91 Å². The van der Waals surface area contributed by atoms with Crippen molar-refractivity contribution in [3.8, 4) is 5.75 Å². The lowest BCUT2D eigenvalue weighted by atomic mass is 9.95. The maximum Gasteiger partial charge on any atom is 0.222 e. The number of aryl methyl sites for hydroxylation is 1. The Balaban J connectivity index is 1.55. The van der Waals surface area contributed by atoms with E-state index in [9.17, 15) is 4.79 Å². The van der Waals surface area contributed by atoms with E-state index in [0.29, 0.717) is 26.1 Å². The third-order valence-corrected chi connectivity index (χ3v) is 4.48. The van der Waals surface area contributed by atoms with Crippen LogP contribution in [0.25, 0.3) is 0 Å². The Morgan fingerprint density at radius 1 is 1.42 bits per heavy atom. The molecule has 1 saturated heterocycles. The number of amides is 1. The molecule has 24 heavy (non-hydrogen) atoms. The molecule has 0 unspecified atom stereocenters. The van der Waals surface area contributed by atoms with Crippen molar-refractivity contribution in [2.75, 3.05) is 20.2 Å². The summed E-state index contributed by atoms with van der Waals surface area (Å²) in [7, 11) is 1.65. The maximum atomic E-state index is 12.4. The highest BCUT2D eigenvalue weighted by atomic mass is 16.5. The van der Waals surface area contributed by atoms with Crippen molar-refractivity contribution in [1.29, 1.82) is 0 Å². The van der Waals surface area contributed by atoms with Crippen LogP contribution in [-0.2, 0) is 11.3 Å². The van der Waals surface area contributed by atoms with Crippen LogP contribution in [-0.4, -0.2) is 51.8 Å². The van der Waals surface area contributed by atoms with Crippen LogP contribution in [0.5, 0.6) is 5.75 Å². The SMILES string of the molecule is COc1cccc([C@H]2CN(C(=O)CCCn3cncn3)C[C@@H]2N)c1. The first-order chi connectivity index (χ1) is 11.7. The topological polar surface area (TPSA) is 86.3 Å². The van der Waals surface area contributed by atoms with E-state index in [1.807, 2.05) is 29.2 Å². The summed E-state index contributed by atoms with van der Waals surface area (Å²) in [5.74, 6) is 1.12. The Morgan fingerprint density at radius 3 is 3.04 bits per heavy atom. The zero-order chi connectivity index (χ0) is 16.9. The number of likely N-dealkylation sites (tertiary alicyclic amines) is 1. The van der Waals surface area contributed by atoms with Crippen LogP contribution in [0.1, 0.15) is 24.3 Å². The van der Waals surface area contributed by atoms with Gasteiger partial charge in [0, 0.05) is 38.0 Å². The minimum absolute atomic E-state index is 0.0450. The maximum absolute atomic E-state index is 12.4. The lowest BCUT2D eigenvalue weighted by Gasteiger charge is -2.17. The summed E-state index contributed by atoms with van der Waals surface area (Å²) in [6, 6.07) is 7.88. The highest BCUT2D eigenvalue weighted by molar-refractivity contribution is 5.76. The largest absolute Gasteiger partial charge is 0.497 e. The second-order valence-electron chi connectivity index (χ2n) is 6.11. The van der Waals surface area contributed by atoms with Gasteiger partial charge in [-0.15, -0.1) is 0 Å². The third kappa shape index (κ3) is 3.73. The van der Waals surface area contributed by atoms with Gasteiger partial charge in [-0.05, 0) is 24.1 Å². The number of carbonyl (C=O) groups excluding carboxylic acids is 1. The molecule has 0 bridgehead atoms. The Bertz CT molecular complexity index is 673. The molecule has 3 rings (SSSR count). The van der Waals surface area contributed by atoms with Crippen molar-refractivity contribution in [3.63, 3.8) is 0 Å². The van der Waals surface area contributed by atoms with Gasteiger partial charge in [-0.25, -0.2) is 4.98 Å². The van der Waals surface area contributed by atoms with Crippen molar-refractivity contribution in [3.05, 3.63) is 42.5 Å². The first-order valence-corrected chi connectivity index (χ1v) is 8.17. The third-order valence-electron chi connectivity index (χ3n) is 4.48. The smallest absolute Gasteiger partial charge is 0.222 e. The predicted octanol–water partition coefficient (Wildman–Crippen LogP) is 1.02. The summed E-state index contributed by atoms with van der Waals surface area (Å²) in [6.07, 6.45) is 4.41. The van der Waals surface area contributed by atoms with E-state index in [1.54, 1.807) is 18.1 Å². The molecule has 128 valence electrons. The predicted molar refractivity (Wildman–Crippen MR) is 89.5 cm³/mol. The molecule has 1 aromatic carbocycles. The Labute approximate surface area is 141 Å². The van der Waals surface area contributed by atoms with Crippen molar-refractivity contribution in [2.24, 2.45) is 5.73 Å². The zero-order valence-corrected chi connectivity index (χ0v) is 13.8. The van der Waals surface area contributed by atoms with Crippen LogP contribution >= 0.6 is 0 Å². The molecule has 1 aromatic heterocycles. The van der Waals surface area contributed by atoms with E-state index < -0.39 is 0 Å². The quantitative estimate of drug-likeness (QED) is 0.855. The molecule has 2 atom stereocenters. The number of carbonyl (C=O) groups is 1. The summed E-state index contributed by atoms with van der Waals surface area (Å²) in [4.78, 5) is 18.2. The molecule has 0 saturated carbocycles. The molecule has 0 aliphatic carbocycles. The Morgan fingerprint density at radius 2 is 2.29 bits per heavy atom. The number of rotatable bonds is 6. The first-order valence-electron chi connectivity index (χ1n) is 8.17. The molecule has 1 aliphatic heterocycles. The van der Waals surface area contributed by atoms with Gasteiger partial charge >= 0.3 is 0 Å². The van der Waals surface area contributed by atoms with E-state index in [-0.39, 0.29) is 17.9 Å². The van der Waals surface area contributed by atoms with Gasteiger partial charge in [0.25, 0.3) is 0 Å². The molecule has 1 aliphatic rings. The van der Waals surface area contributed by atoms with E-state index in [2.05, 4.69) is 10.1 Å². The van der Waals surface area contributed by atoms with Crippen molar-refractivity contribution in [1.82, 2.24) is 19.7 Å². The molecule has 7 heteroatoms. The normalized spacial score (nSPS) is 20.3. The molecule has 2 aromatic rings. The lowest BCUT2D eigenvalue weighted by molar-refractivity contribution is -0.130. The molecule has 1 amide bonds. The summed E-state index contributed by atoms with van der Waals surface area (Å²) in [5, 5.41) is 4.04. The van der Waals surface area contributed by atoms with Gasteiger partial charge in [0.05, 0.1) is 7.11 Å². The van der Waals surface area contributed by atoms with E-state index in [1.165, 1.54) is 6.33 Å². The Hall–Kier alpha value is -2.41. The number of hydrogen-bond donors (Lipinski definition) is 1. The van der Waals surface area contributed by atoms with Gasteiger partial charge in [0.15, 0.2) is 0 Å². The lowest BCUT2D eigenvalue weighted by Crippen LogP contribution is -2.32. The molecule has 7 nitrogen and oxygen atoms in total. The number of hydrogen-bond acceptors (Lipinski definition) is 5. The molecule has 1 fully saturated rings. The van der Waals surface area contributed by atoms with Crippen LogP contribution in [0.2, 0.25) is 0 Å². The molecule has 2 heterocycles. The van der Waals surface area contributed by atoms with Crippen LogP contribution in [0.15, 0.2) is 36.9 Å². The summed E-state index contributed by atoms with van der Waals surface area (Å²) < 4.78 is 7.02. The number of ether oxygens (including phenoxy) is 1. The van der Waals surface area contributed by atoms with E-state index in [0.717, 1.165) is 17.7 Å². The molecule has 0 radical (unpaired) electrons. The molecular weight excluding hydrogens is 306 g/mol. The highest BCUT2D eigenvalue weighted by Gasteiger charge is 2.33. The number of nitrogens with zero attached hydrogens (tertiary/aromatic N) is 4. The van der Waals surface area contributed by atoms with Gasteiger partial charge in [-0.2, -0.15) is 5.10 Å². The minimum Gasteiger partial charge on any atom is -0.497 e. The standard InChI is InChI=1S/C17H23N5O2/c1-24-14-5-2-4-13(8-14)15-9-21(10-16(15)18)17(23)6-3-7-22-12-19-11-20-22/h2,4-5,8,11-12,15-16H,3,6-7,9-10,18H2,1H3/t15-,16+/m1/s1. The first kappa shape index (κ1) is 16.4.